The molecular weight excluding hydrogens is 245 g/mol. The van der Waals surface area contributed by atoms with Crippen molar-refractivity contribution in [3.63, 3.8) is 0 Å². The summed E-state index contributed by atoms with van der Waals surface area (Å²) >= 11 is 0. The van der Waals surface area contributed by atoms with E-state index in [4.69, 9.17) is 15.2 Å². The lowest BCUT2D eigenvalue weighted by Gasteiger charge is -2.11. The van der Waals surface area contributed by atoms with Crippen LogP contribution < -0.4 is 15.2 Å². The molecule has 0 unspecified atom stereocenters. The van der Waals surface area contributed by atoms with Gasteiger partial charge in [-0.05, 0) is 36.2 Å². The van der Waals surface area contributed by atoms with E-state index in [9.17, 15) is 4.39 Å². The first kappa shape index (κ1) is 13.2. The highest BCUT2D eigenvalue weighted by atomic mass is 19.1. The van der Waals surface area contributed by atoms with Crippen molar-refractivity contribution in [2.75, 3.05) is 12.8 Å². The number of rotatable bonds is 4. The van der Waals surface area contributed by atoms with Crippen molar-refractivity contribution in [1.82, 2.24) is 0 Å². The van der Waals surface area contributed by atoms with Crippen molar-refractivity contribution >= 4 is 5.69 Å². The number of halogens is 1. The molecule has 0 amide bonds. The number of nitrogen functional groups attached to an aromatic ring is 1. The van der Waals surface area contributed by atoms with E-state index >= 15 is 0 Å². The second-order valence-electron chi connectivity index (χ2n) is 4.27. The molecule has 2 aromatic carbocycles. The molecule has 0 atom stereocenters. The van der Waals surface area contributed by atoms with Crippen molar-refractivity contribution in [3.8, 4) is 11.5 Å². The molecular formula is C15H16FNO2. The molecule has 0 saturated heterocycles. The lowest BCUT2D eigenvalue weighted by atomic mass is 10.2. The minimum atomic E-state index is -0.310. The summed E-state index contributed by atoms with van der Waals surface area (Å²) in [5.41, 5.74) is 8.17. The number of nitrogens with two attached hydrogens (primary N) is 1. The first-order valence-corrected chi connectivity index (χ1v) is 5.91. The molecule has 0 bridgehead atoms. The Bertz CT molecular complexity index is 584. The number of anilines is 1. The smallest absolute Gasteiger partial charge is 0.141 e. The van der Waals surface area contributed by atoms with E-state index in [1.165, 1.54) is 12.1 Å². The fraction of sp³-hybridized carbons (Fsp3) is 0.200. The fourth-order valence-electron chi connectivity index (χ4n) is 1.76. The molecule has 0 aliphatic carbocycles. The average Bonchev–Trinajstić information content (AvgIpc) is 2.40. The monoisotopic (exact) mass is 261 g/mol. The lowest BCUT2D eigenvalue weighted by molar-refractivity contribution is 0.302. The molecule has 2 aromatic rings. The zero-order chi connectivity index (χ0) is 13.8. The summed E-state index contributed by atoms with van der Waals surface area (Å²) in [7, 11) is 1.57. The normalized spacial score (nSPS) is 10.3. The summed E-state index contributed by atoms with van der Waals surface area (Å²) in [6.07, 6.45) is 0. The summed E-state index contributed by atoms with van der Waals surface area (Å²) in [4.78, 5) is 0. The SMILES string of the molecule is COc1ccc(COc2cc(F)ccc2C)cc1N. The first-order chi connectivity index (χ1) is 9.10. The van der Waals surface area contributed by atoms with Gasteiger partial charge >= 0.3 is 0 Å². The molecule has 3 nitrogen and oxygen atoms in total. The van der Waals surface area contributed by atoms with E-state index in [1.54, 1.807) is 25.3 Å². The van der Waals surface area contributed by atoms with Gasteiger partial charge in [0.2, 0.25) is 0 Å². The molecule has 0 heterocycles. The second kappa shape index (κ2) is 5.61. The number of methoxy groups -OCH3 is 1. The van der Waals surface area contributed by atoms with Crippen LogP contribution in [0, 0.1) is 12.7 Å². The maximum atomic E-state index is 13.1. The van der Waals surface area contributed by atoms with Gasteiger partial charge in [-0.3, -0.25) is 0 Å². The summed E-state index contributed by atoms with van der Waals surface area (Å²) in [6.45, 7) is 2.20. The molecule has 0 aliphatic rings. The van der Waals surface area contributed by atoms with Crippen LogP contribution in [0.5, 0.6) is 11.5 Å². The number of hydrogen-bond acceptors (Lipinski definition) is 3. The second-order valence-corrected chi connectivity index (χ2v) is 4.27. The molecule has 0 saturated carbocycles. The molecule has 2 rings (SSSR count). The predicted molar refractivity (Wildman–Crippen MR) is 72.9 cm³/mol. The third-order valence-corrected chi connectivity index (χ3v) is 2.84. The summed E-state index contributed by atoms with van der Waals surface area (Å²) in [5, 5.41) is 0. The summed E-state index contributed by atoms with van der Waals surface area (Å²) in [6, 6.07) is 9.91. The molecule has 2 N–H and O–H groups in total. The van der Waals surface area contributed by atoms with Crippen molar-refractivity contribution < 1.29 is 13.9 Å². The van der Waals surface area contributed by atoms with Crippen molar-refractivity contribution in [1.29, 1.82) is 0 Å². The zero-order valence-electron chi connectivity index (χ0n) is 10.9. The van der Waals surface area contributed by atoms with E-state index in [0.29, 0.717) is 23.8 Å². The van der Waals surface area contributed by atoms with E-state index in [-0.39, 0.29) is 5.82 Å². The maximum absolute atomic E-state index is 13.1. The Hall–Kier alpha value is -2.23. The van der Waals surface area contributed by atoms with E-state index in [0.717, 1.165) is 11.1 Å². The van der Waals surface area contributed by atoms with Gasteiger partial charge in [0.15, 0.2) is 0 Å². The highest BCUT2D eigenvalue weighted by Crippen LogP contribution is 2.24. The van der Waals surface area contributed by atoms with E-state index in [2.05, 4.69) is 0 Å². The van der Waals surface area contributed by atoms with Gasteiger partial charge in [0.1, 0.15) is 23.9 Å². The Kier molecular flexibility index (Phi) is 3.90. The summed E-state index contributed by atoms with van der Waals surface area (Å²) in [5.74, 6) is 0.856. The summed E-state index contributed by atoms with van der Waals surface area (Å²) < 4.78 is 23.8. The molecule has 4 heteroatoms. The number of ether oxygens (including phenoxy) is 2. The van der Waals surface area contributed by atoms with Crippen LogP contribution >= 0.6 is 0 Å². The first-order valence-electron chi connectivity index (χ1n) is 5.91. The Morgan fingerprint density at radius 2 is 1.89 bits per heavy atom. The van der Waals surface area contributed by atoms with E-state index < -0.39 is 0 Å². The molecule has 0 aliphatic heterocycles. The number of aryl methyl sites for hydroxylation is 1. The Morgan fingerprint density at radius 3 is 2.58 bits per heavy atom. The van der Waals surface area contributed by atoms with Crippen LogP contribution in [-0.4, -0.2) is 7.11 Å². The third kappa shape index (κ3) is 3.16. The van der Waals surface area contributed by atoms with Crippen LogP contribution in [-0.2, 0) is 6.61 Å². The molecule has 0 radical (unpaired) electrons. The van der Waals surface area contributed by atoms with Crippen LogP contribution in [0.4, 0.5) is 10.1 Å². The van der Waals surface area contributed by atoms with Crippen molar-refractivity contribution in [2.24, 2.45) is 0 Å². The van der Waals surface area contributed by atoms with Gasteiger partial charge < -0.3 is 15.2 Å². The van der Waals surface area contributed by atoms with Crippen LogP contribution in [0.15, 0.2) is 36.4 Å². The highest BCUT2D eigenvalue weighted by Gasteiger charge is 2.04. The standard InChI is InChI=1S/C15H16FNO2/c1-10-3-5-12(16)8-15(10)19-9-11-4-6-14(18-2)13(17)7-11/h3-8H,9,17H2,1-2H3. The Balaban J connectivity index is 2.10. The molecule has 0 fully saturated rings. The van der Waals surface area contributed by atoms with Gasteiger partial charge in [0.25, 0.3) is 0 Å². The molecule has 100 valence electrons. The van der Waals surface area contributed by atoms with E-state index in [1.807, 2.05) is 13.0 Å². The largest absolute Gasteiger partial charge is 0.495 e. The van der Waals surface area contributed by atoms with Crippen LogP contribution in [0.1, 0.15) is 11.1 Å². The highest BCUT2D eigenvalue weighted by molar-refractivity contribution is 5.54. The molecule has 19 heavy (non-hydrogen) atoms. The minimum absolute atomic E-state index is 0.310. The van der Waals surface area contributed by atoms with Crippen molar-refractivity contribution in [2.45, 2.75) is 13.5 Å². The molecule has 0 aromatic heterocycles. The van der Waals surface area contributed by atoms with Crippen LogP contribution in [0.2, 0.25) is 0 Å². The fourth-order valence-corrected chi connectivity index (χ4v) is 1.76. The average molecular weight is 261 g/mol. The predicted octanol–water partition coefficient (Wildman–Crippen LogP) is 3.30. The van der Waals surface area contributed by atoms with Gasteiger partial charge in [-0.1, -0.05) is 12.1 Å². The van der Waals surface area contributed by atoms with Gasteiger partial charge in [-0.2, -0.15) is 0 Å². The number of benzene rings is 2. The van der Waals surface area contributed by atoms with Gasteiger partial charge in [0.05, 0.1) is 12.8 Å². The minimum Gasteiger partial charge on any atom is -0.495 e. The lowest BCUT2D eigenvalue weighted by Crippen LogP contribution is -1.99. The van der Waals surface area contributed by atoms with Gasteiger partial charge in [-0.25, -0.2) is 4.39 Å². The van der Waals surface area contributed by atoms with Crippen LogP contribution in [0.3, 0.4) is 0 Å². The third-order valence-electron chi connectivity index (χ3n) is 2.84. The zero-order valence-corrected chi connectivity index (χ0v) is 10.9. The Morgan fingerprint density at radius 1 is 1.11 bits per heavy atom. The topological polar surface area (TPSA) is 44.5 Å². The van der Waals surface area contributed by atoms with Crippen molar-refractivity contribution in [3.05, 3.63) is 53.3 Å². The maximum Gasteiger partial charge on any atom is 0.141 e. The van der Waals surface area contributed by atoms with Crippen LogP contribution in [0.25, 0.3) is 0 Å². The molecule has 0 spiro atoms. The number of hydrogen-bond donors (Lipinski definition) is 1. The quantitative estimate of drug-likeness (QED) is 0.859. The Labute approximate surface area is 111 Å². The van der Waals surface area contributed by atoms with Gasteiger partial charge in [-0.15, -0.1) is 0 Å². The van der Waals surface area contributed by atoms with Gasteiger partial charge in [0, 0.05) is 6.07 Å².